The molecule has 0 saturated heterocycles. The maximum Gasteiger partial charge on any atom is 0.0698 e. The van der Waals surface area contributed by atoms with Crippen molar-refractivity contribution in [2.24, 2.45) is 0 Å². The number of benzene rings is 1. The highest BCUT2D eigenvalue weighted by Crippen LogP contribution is 2.24. The van der Waals surface area contributed by atoms with Gasteiger partial charge in [0.25, 0.3) is 0 Å². The fraction of sp³-hybridized carbons (Fsp3) is 0.300. The third kappa shape index (κ3) is 1.31. The summed E-state index contributed by atoms with van der Waals surface area (Å²) < 4.78 is 0. The second kappa shape index (κ2) is 3.04. The summed E-state index contributed by atoms with van der Waals surface area (Å²) in [5.74, 6) is 0. The number of rotatable bonds is 1. The van der Waals surface area contributed by atoms with Gasteiger partial charge in [-0.3, -0.25) is 5.10 Å². The highest BCUT2D eigenvalue weighted by molar-refractivity contribution is 6.31. The number of halogens is 1. The van der Waals surface area contributed by atoms with Gasteiger partial charge in [-0.15, -0.1) is 0 Å². The van der Waals surface area contributed by atoms with Crippen molar-refractivity contribution in [3.05, 3.63) is 28.4 Å². The lowest BCUT2D eigenvalue weighted by Gasteiger charge is -1.97. The molecule has 68 valence electrons. The zero-order chi connectivity index (χ0) is 9.42. The Morgan fingerprint density at radius 1 is 1.46 bits per heavy atom. The van der Waals surface area contributed by atoms with Crippen LogP contribution in [0.2, 0.25) is 5.02 Å². The quantitative estimate of drug-likeness (QED) is 0.743. The number of aryl methyl sites for hydroxylation is 2. The molecule has 0 amide bonds. The molecule has 1 aromatic carbocycles. The molecule has 0 bridgehead atoms. The average Bonchev–Trinajstić information content (AvgIpc) is 2.47. The summed E-state index contributed by atoms with van der Waals surface area (Å²) in [5, 5.41) is 9.18. The third-order valence-electron chi connectivity index (χ3n) is 2.25. The van der Waals surface area contributed by atoms with Crippen molar-refractivity contribution in [2.45, 2.75) is 20.3 Å². The van der Waals surface area contributed by atoms with Crippen LogP contribution in [0, 0.1) is 6.92 Å². The van der Waals surface area contributed by atoms with Crippen molar-refractivity contribution in [3.8, 4) is 0 Å². The van der Waals surface area contributed by atoms with E-state index in [4.69, 9.17) is 11.6 Å². The van der Waals surface area contributed by atoms with Gasteiger partial charge in [-0.05, 0) is 31.0 Å². The number of hydrogen-bond donors (Lipinski definition) is 1. The summed E-state index contributed by atoms with van der Waals surface area (Å²) in [6, 6.07) is 3.91. The van der Waals surface area contributed by atoms with Gasteiger partial charge in [0.05, 0.1) is 11.2 Å². The van der Waals surface area contributed by atoms with Crippen LogP contribution in [0.4, 0.5) is 0 Å². The van der Waals surface area contributed by atoms with E-state index < -0.39 is 0 Å². The van der Waals surface area contributed by atoms with Gasteiger partial charge in [0.1, 0.15) is 0 Å². The lowest BCUT2D eigenvalue weighted by molar-refractivity contribution is 0.987. The zero-order valence-electron chi connectivity index (χ0n) is 7.69. The molecule has 0 atom stereocenters. The number of aromatic amines is 1. The van der Waals surface area contributed by atoms with Crippen LogP contribution in [-0.2, 0) is 6.42 Å². The summed E-state index contributed by atoms with van der Waals surface area (Å²) >= 11 is 5.97. The Morgan fingerprint density at radius 3 is 2.92 bits per heavy atom. The summed E-state index contributed by atoms with van der Waals surface area (Å²) in [5.41, 5.74) is 3.33. The van der Waals surface area contributed by atoms with E-state index in [0.717, 1.165) is 33.6 Å². The topological polar surface area (TPSA) is 28.7 Å². The minimum Gasteiger partial charge on any atom is -0.277 e. The van der Waals surface area contributed by atoms with Crippen LogP contribution < -0.4 is 0 Å². The van der Waals surface area contributed by atoms with Crippen molar-refractivity contribution < 1.29 is 0 Å². The third-order valence-corrected chi connectivity index (χ3v) is 2.47. The van der Waals surface area contributed by atoms with Crippen LogP contribution in [0.5, 0.6) is 0 Å². The van der Waals surface area contributed by atoms with Gasteiger partial charge >= 0.3 is 0 Å². The van der Waals surface area contributed by atoms with Crippen molar-refractivity contribution in [1.29, 1.82) is 0 Å². The molecule has 3 heteroatoms. The summed E-state index contributed by atoms with van der Waals surface area (Å²) in [7, 11) is 0. The summed E-state index contributed by atoms with van der Waals surface area (Å²) in [6.45, 7) is 4.12. The standard InChI is InChI=1S/C10H11ClN2/c1-3-9-8-5-7(11)4-6(2)10(8)13-12-9/h4-5H,3H2,1-2H3,(H,12,13). The molecule has 2 nitrogen and oxygen atoms in total. The maximum atomic E-state index is 5.97. The Kier molecular flexibility index (Phi) is 2.00. The van der Waals surface area contributed by atoms with E-state index in [1.807, 2.05) is 19.1 Å². The smallest absolute Gasteiger partial charge is 0.0698 e. The minimum atomic E-state index is 0.779. The molecule has 2 rings (SSSR count). The van der Waals surface area contributed by atoms with Crippen LogP contribution in [0.15, 0.2) is 12.1 Å². The van der Waals surface area contributed by atoms with Gasteiger partial charge in [-0.2, -0.15) is 5.10 Å². The summed E-state index contributed by atoms with van der Waals surface area (Å²) in [6.07, 6.45) is 0.930. The lowest BCUT2D eigenvalue weighted by atomic mass is 10.1. The van der Waals surface area contributed by atoms with Crippen LogP contribution in [0.3, 0.4) is 0 Å². The predicted molar refractivity (Wildman–Crippen MR) is 55.2 cm³/mol. The highest BCUT2D eigenvalue weighted by atomic mass is 35.5. The molecule has 0 aliphatic heterocycles. The van der Waals surface area contributed by atoms with Crippen molar-refractivity contribution in [3.63, 3.8) is 0 Å². The first-order valence-corrected chi connectivity index (χ1v) is 4.73. The van der Waals surface area contributed by atoms with E-state index in [1.165, 1.54) is 0 Å². The zero-order valence-corrected chi connectivity index (χ0v) is 8.44. The molecule has 0 saturated carbocycles. The minimum absolute atomic E-state index is 0.779. The molecule has 1 aromatic heterocycles. The first-order valence-electron chi connectivity index (χ1n) is 4.35. The van der Waals surface area contributed by atoms with E-state index in [1.54, 1.807) is 0 Å². The number of H-pyrrole nitrogens is 1. The molecular weight excluding hydrogens is 184 g/mol. The summed E-state index contributed by atoms with van der Waals surface area (Å²) in [4.78, 5) is 0. The number of aromatic nitrogens is 2. The van der Waals surface area contributed by atoms with Gasteiger partial charge in [0.15, 0.2) is 0 Å². The Labute approximate surface area is 81.9 Å². The van der Waals surface area contributed by atoms with Crippen LogP contribution >= 0.6 is 11.6 Å². The van der Waals surface area contributed by atoms with E-state index in [0.29, 0.717) is 0 Å². The molecule has 2 aromatic rings. The second-order valence-electron chi connectivity index (χ2n) is 3.17. The SMILES string of the molecule is CCc1n[nH]c2c(C)cc(Cl)cc12. The fourth-order valence-electron chi connectivity index (χ4n) is 1.57. The molecule has 13 heavy (non-hydrogen) atoms. The first kappa shape index (κ1) is 8.57. The largest absolute Gasteiger partial charge is 0.277 e. The Morgan fingerprint density at radius 2 is 2.23 bits per heavy atom. The number of hydrogen-bond acceptors (Lipinski definition) is 1. The van der Waals surface area contributed by atoms with Gasteiger partial charge < -0.3 is 0 Å². The van der Waals surface area contributed by atoms with Gasteiger partial charge in [-0.1, -0.05) is 18.5 Å². The molecule has 0 fully saturated rings. The fourth-order valence-corrected chi connectivity index (χ4v) is 1.85. The van der Waals surface area contributed by atoms with Crippen molar-refractivity contribution >= 4 is 22.5 Å². The first-order chi connectivity index (χ1) is 6.22. The molecule has 1 heterocycles. The second-order valence-corrected chi connectivity index (χ2v) is 3.61. The number of nitrogens with zero attached hydrogens (tertiary/aromatic N) is 1. The Balaban J connectivity index is 2.82. The molecule has 0 aliphatic carbocycles. The highest BCUT2D eigenvalue weighted by Gasteiger charge is 2.06. The molecule has 0 radical (unpaired) electrons. The van der Waals surface area contributed by atoms with Crippen molar-refractivity contribution in [1.82, 2.24) is 10.2 Å². The monoisotopic (exact) mass is 194 g/mol. The number of nitrogens with one attached hydrogen (secondary N) is 1. The molecule has 0 aliphatic rings. The number of fused-ring (bicyclic) bond motifs is 1. The lowest BCUT2D eigenvalue weighted by Crippen LogP contribution is -1.80. The van der Waals surface area contributed by atoms with E-state index in [9.17, 15) is 0 Å². The van der Waals surface area contributed by atoms with E-state index in [-0.39, 0.29) is 0 Å². The van der Waals surface area contributed by atoms with Gasteiger partial charge in [0, 0.05) is 10.4 Å². The van der Waals surface area contributed by atoms with E-state index >= 15 is 0 Å². The van der Waals surface area contributed by atoms with Crippen molar-refractivity contribution in [2.75, 3.05) is 0 Å². The van der Waals surface area contributed by atoms with Gasteiger partial charge in [-0.25, -0.2) is 0 Å². The van der Waals surface area contributed by atoms with E-state index in [2.05, 4.69) is 17.1 Å². The van der Waals surface area contributed by atoms with Crippen LogP contribution in [0.25, 0.3) is 10.9 Å². The van der Waals surface area contributed by atoms with Crippen LogP contribution in [-0.4, -0.2) is 10.2 Å². The predicted octanol–water partition coefficient (Wildman–Crippen LogP) is 3.09. The average molecular weight is 195 g/mol. The van der Waals surface area contributed by atoms with Crippen LogP contribution in [0.1, 0.15) is 18.2 Å². The Bertz CT molecular complexity index is 445. The molecule has 1 N–H and O–H groups in total. The Hall–Kier alpha value is -1.02. The molecule has 0 unspecified atom stereocenters. The molecular formula is C10H11ClN2. The van der Waals surface area contributed by atoms with Gasteiger partial charge in [0.2, 0.25) is 0 Å². The molecule has 0 spiro atoms. The normalized spacial score (nSPS) is 11.0. The maximum absolute atomic E-state index is 5.97.